The molecule has 1 unspecified atom stereocenters. The Morgan fingerprint density at radius 1 is 1.56 bits per heavy atom. The summed E-state index contributed by atoms with van der Waals surface area (Å²) in [5, 5.41) is 7.59. The van der Waals surface area contributed by atoms with Gasteiger partial charge in [0.25, 0.3) is 0 Å². The molecule has 0 spiro atoms. The second-order valence-corrected chi connectivity index (χ2v) is 5.47. The van der Waals surface area contributed by atoms with Crippen molar-refractivity contribution in [1.82, 2.24) is 15.1 Å². The molecule has 92 valence electrons. The maximum atomic E-state index is 10.8. The summed E-state index contributed by atoms with van der Waals surface area (Å²) in [4.78, 5) is 0. The molecule has 1 atom stereocenters. The second kappa shape index (κ2) is 7.57. The number of nitrogens with zero attached hydrogens (tertiary/aromatic N) is 2. The molecule has 5 heteroatoms. The van der Waals surface area contributed by atoms with E-state index in [-0.39, 0.29) is 0 Å². The third kappa shape index (κ3) is 5.42. The van der Waals surface area contributed by atoms with Crippen LogP contribution in [0.2, 0.25) is 0 Å². The third-order valence-corrected chi connectivity index (χ3v) is 3.12. The summed E-state index contributed by atoms with van der Waals surface area (Å²) in [5.74, 6) is 0.780. The highest BCUT2D eigenvalue weighted by molar-refractivity contribution is 7.84. The highest BCUT2D eigenvalue weighted by Crippen LogP contribution is 1.98. The fourth-order valence-corrected chi connectivity index (χ4v) is 2.03. The molecule has 1 rings (SSSR count). The normalized spacial score (nSPS) is 12.9. The zero-order valence-electron chi connectivity index (χ0n) is 10.1. The van der Waals surface area contributed by atoms with E-state index in [0.717, 1.165) is 38.2 Å². The molecule has 1 aromatic heterocycles. The van der Waals surface area contributed by atoms with Crippen LogP contribution in [0.3, 0.4) is 0 Å². The first-order chi connectivity index (χ1) is 7.72. The average molecular weight is 243 g/mol. The Balaban J connectivity index is 2.14. The van der Waals surface area contributed by atoms with Crippen molar-refractivity contribution in [2.24, 2.45) is 0 Å². The van der Waals surface area contributed by atoms with Crippen LogP contribution < -0.4 is 5.32 Å². The first-order valence-corrected chi connectivity index (χ1v) is 7.47. The van der Waals surface area contributed by atoms with Crippen LogP contribution >= 0.6 is 0 Å². The van der Waals surface area contributed by atoms with Crippen molar-refractivity contribution in [3.05, 3.63) is 18.0 Å². The van der Waals surface area contributed by atoms with Crippen molar-refractivity contribution in [3.8, 4) is 0 Å². The van der Waals surface area contributed by atoms with Gasteiger partial charge in [-0.2, -0.15) is 5.10 Å². The van der Waals surface area contributed by atoms with Crippen LogP contribution in [0.4, 0.5) is 0 Å². The molecule has 0 fully saturated rings. The van der Waals surface area contributed by atoms with E-state index in [9.17, 15) is 4.21 Å². The molecule has 1 N–H and O–H groups in total. The minimum absolute atomic E-state index is 0.669. The van der Waals surface area contributed by atoms with Gasteiger partial charge in [-0.05, 0) is 19.4 Å². The number of aryl methyl sites for hydroxylation is 1. The van der Waals surface area contributed by atoms with Gasteiger partial charge in [0.15, 0.2) is 0 Å². The van der Waals surface area contributed by atoms with Crippen LogP contribution in [0.5, 0.6) is 0 Å². The van der Waals surface area contributed by atoms with E-state index >= 15 is 0 Å². The molecule has 16 heavy (non-hydrogen) atoms. The summed E-state index contributed by atoms with van der Waals surface area (Å²) in [5.41, 5.74) is 1.21. The number of nitrogens with one attached hydrogen (secondary N) is 1. The molecule has 0 radical (unpaired) electrons. The smallest absolute Gasteiger partial charge is 0.0534 e. The molecule has 0 aliphatic heterocycles. The standard InChI is InChI=1S/C11H21N3OS/c1-3-6-14-10-11(9-13-14)8-12-5-4-7-16(2)15/h9-10,12H,3-8H2,1-2H3. The topological polar surface area (TPSA) is 46.9 Å². The molecule has 1 aromatic rings. The summed E-state index contributed by atoms with van der Waals surface area (Å²) >= 11 is 0. The number of hydrogen-bond acceptors (Lipinski definition) is 3. The number of hydrogen-bond donors (Lipinski definition) is 1. The minimum Gasteiger partial charge on any atom is -0.313 e. The summed E-state index contributed by atoms with van der Waals surface area (Å²) in [6.07, 6.45) is 7.80. The maximum Gasteiger partial charge on any atom is 0.0534 e. The Hall–Kier alpha value is -0.680. The molecule has 0 saturated heterocycles. The van der Waals surface area contributed by atoms with Crippen molar-refractivity contribution >= 4 is 10.8 Å². The van der Waals surface area contributed by atoms with Crippen molar-refractivity contribution in [1.29, 1.82) is 0 Å². The molecular formula is C11H21N3OS. The SMILES string of the molecule is CCCn1cc(CNCCCS(C)=O)cn1. The van der Waals surface area contributed by atoms with Gasteiger partial charge < -0.3 is 5.32 Å². The molecule has 0 aliphatic carbocycles. The van der Waals surface area contributed by atoms with E-state index in [0.29, 0.717) is 0 Å². The lowest BCUT2D eigenvalue weighted by Crippen LogP contribution is -2.16. The molecule has 0 amide bonds. The maximum absolute atomic E-state index is 10.8. The average Bonchev–Trinajstić information content (AvgIpc) is 2.65. The summed E-state index contributed by atoms with van der Waals surface area (Å²) < 4.78 is 12.8. The second-order valence-electron chi connectivity index (χ2n) is 3.92. The largest absolute Gasteiger partial charge is 0.313 e. The van der Waals surface area contributed by atoms with E-state index in [4.69, 9.17) is 0 Å². The Morgan fingerprint density at radius 2 is 2.38 bits per heavy atom. The first-order valence-electron chi connectivity index (χ1n) is 5.74. The molecule has 0 saturated carbocycles. The van der Waals surface area contributed by atoms with Crippen LogP contribution in [0, 0.1) is 0 Å². The monoisotopic (exact) mass is 243 g/mol. The number of aromatic nitrogens is 2. The van der Waals surface area contributed by atoms with Crippen LogP contribution in [0.25, 0.3) is 0 Å². The highest BCUT2D eigenvalue weighted by atomic mass is 32.2. The quantitative estimate of drug-likeness (QED) is 0.697. The predicted octanol–water partition coefficient (Wildman–Crippen LogP) is 1.15. The molecule has 0 bridgehead atoms. The van der Waals surface area contributed by atoms with Crippen LogP contribution in [-0.2, 0) is 23.9 Å². The van der Waals surface area contributed by atoms with E-state index in [2.05, 4.69) is 23.5 Å². The fourth-order valence-electron chi connectivity index (χ4n) is 1.48. The van der Waals surface area contributed by atoms with Crippen molar-refractivity contribution in [2.45, 2.75) is 32.9 Å². The van der Waals surface area contributed by atoms with Gasteiger partial charge >= 0.3 is 0 Å². The minimum atomic E-state index is -0.669. The Bertz CT molecular complexity index is 325. The zero-order chi connectivity index (χ0) is 11.8. The Kier molecular flexibility index (Phi) is 6.33. The van der Waals surface area contributed by atoms with Gasteiger partial charge in [0.2, 0.25) is 0 Å². The first kappa shape index (κ1) is 13.4. The van der Waals surface area contributed by atoms with Gasteiger partial charge in [0, 0.05) is 47.7 Å². The van der Waals surface area contributed by atoms with Crippen molar-refractivity contribution < 1.29 is 4.21 Å². The van der Waals surface area contributed by atoms with Gasteiger partial charge in [-0.3, -0.25) is 8.89 Å². The third-order valence-electron chi connectivity index (χ3n) is 2.25. The lowest BCUT2D eigenvalue weighted by molar-refractivity contribution is 0.601. The van der Waals surface area contributed by atoms with Crippen molar-refractivity contribution in [2.75, 3.05) is 18.6 Å². The van der Waals surface area contributed by atoms with E-state index < -0.39 is 10.8 Å². The molecular weight excluding hydrogens is 222 g/mol. The lowest BCUT2D eigenvalue weighted by atomic mass is 10.3. The Labute approximate surface area is 99.9 Å². The van der Waals surface area contributed by atoms with E-state index in [1.54, 1.807) is 6.26 Å². The Morgan fingerprint density at radius 3 is 3.06 bits per heavy atom. The van der Waals surface area contributed by atoms with Gasteiger partial charge in [-0.15, -0.1) is 0 Å². The predicted molar refractivity (Wildman–Crippen MR) is 67.8 cm³/mol. The van der Waals surface area contributed by atoms with Gasteiger partial charge in [-0.1, -0.05) is 6.92 Å². The van der Waals surface area contributed by atoms with Crippen LogP contribution in [-0.4, -0.2) is 32.5 Å². The van der Waals surface area contributed by atoms with E-state index in [1.165, 1.54) is 5.56 Å². The van der Waals surface area contributed by atoms with Gasteiger partial charge in [0.05, 0.1) is 6.20 Å². The zero-order valence-corrected chi connectivity index (χ0v) is 10.9. The summed E-state index contributed by atoms with van der Waals surface area (Å²) in [7, 11) is -0.669. The number of rotatable bonds is 8. The van der Waals surface area contributed by atoms with Crippen molar-refractivity contribution in [3.63, 3.8) is 0 Å². The summed E-state index contributed by atoms with van der Waals surface area (Å²) in [6, 6.07) is 0. The van der Waals surface area contributed by atoms with E-state index in [1.807, 2.05) is 10.9 Å². The molecule has 0 aromatic carbocycles. The molecule has 1 heterocycles. The van der Waals surface area contributed by atoms with Gasteiger partial charge in [-0.25, -0.2) is 0 Å². The van der Waals surface area contributed by atoms with Crippen LogP contribution in [0.15, 0.2) is 12.4 Å². The van der Waals surface area contributed by atoms with Crippen LogP contribution in [0.1, 0.15) is 25.3 Å². The highest BCUT2D eigenvalue weighted by Gasteiger charge is 1.97. The summed E-state index contributed by atoms with van der Waals surface area (Å²) in [6.45, 7) is 4.89. The molecule has 0 aliphatic rings. The lowest BCUT2D eigenvalue weighted by Gasteiger charge is -2.01. The fraction of sp³-hybridized carbons (Fsp3) is 0.727. The van der Waals surface area contributed by atoms with Gasteiger partial charge in [0.1, 0.15) is 0 Å². The molecule has 4 nitrogen and oxygen atoms in total.